The molecular formula is C18H25ClN2O3. The summed E-state index contributed by atoms with van der Waals surface area (Å²) in [5.74, 6) is 0.177. The van der Waals surface area contributed by atoms with E-state index in [1.807, 2.05) is 29.2 Å². The van der Waals surface area contributed by atoms with Crippen molar-refractivity contribution in [2.75, 3.05) is 52.5 Å². The number of amides is 1. The van der Waals surface area contributed by atoms with Gasteiger partial charge in [0.15, 0.2) is 0 Å². The Morgan fingerprint density at radius 1 is 1.21 bits per heavy atom. The van der Waals surface area contributed by atoms with Crippen LogP contribution >= 0.6 is 11.6 Å². The lowest BCUT2D eigenvalue weighted by Crippen LogP contribution is -2.42. The van der Waals surface area contributed by atoms with Crippen molar-refractivity contribution in [2.45, 2.75) is 18.9 Å². The number of ether oxygens (including phenoxy) is 2. The summed E-state index contributed by atoms with van der Waals surface area (Å²) in [5.41, 5.74) is 0.973. The fraction of sp³-hybridized carbons (Fsp3) is 0.611. The van der Waals surface area contributed by atoms with Gasteiger partial charge in [0.1, 0.15) is 0 Å². The monoisotopic (exact) mass is 352 g/mol. The Bertz CT molecular complexity index is 549. The molecule has 0 N–H and O–H groups in total. The SMILES string of the molecule is O=C(Cc1cccc(Cl)c1)N1CCCN(CC2COCCO2)CC1. The van der Waals surface area contributed by atoms with Crippen molar-refractivity contribution in [3.05, 3.63) is 34.9 Å². The van der Waals surface area contributed by atoms with Crippen molar-refractivity contribution in [3.8, 4) is 0 Å². The molecule has 5 nitrogen and oxygen atoms in total. The zero-order valence-corrected chi connectivity index (χ0v) is 14.7. The van der Waals surface area contributed by atoms with Crippen LogP contribution in [-0.4, -0.2) is 74.4 Å². The Kier molecular flexibility index (Phi) is 6.49. The first-order valence-electron chi connectivity index (χ1n) is 8.64. The summed E-state index contributed by atoms with van der Waals surface area (Å²) in [6.45, 7) is 6.42. The molecule has 132 valence electrons. The molecule has 0 aromatic heterocycles. The second kappa shape index (κ2) is 8.81. The topological polar surface area (TPSA) is 42.0 Å². The molecule has 0 saturated carbocycles. The second-order valence-electron chi connectivity index (χ2n) is 6.41. The van der Waals surface area contributed by atoms with Crippen LogP contribution in [-0.2, 0) is 20.7 Å². The summed E-state index contributed by atoms with van der Waals surface area (Å²) in [7, 11) is 0. The normalized spacial score (nSPS) is 23.0. The maximum Gasteiger partial charge on any atom is 0.227 e. The van der Waals surface area contributed by atoms with E-state index in [0.29, 0.717) is 31.3 Å². The lowest BCUT2D eigenvalue weighted by molar-refractivity contribution is -0.130. The average Bonchev–Trinajstić information content (AvgIpc) is 2.81. The molecule has 24 heavy (non-hydrogen) atoms. The minimum Gasteiger partial charge on any atom is -0.376 e. The number of nitrogens with zero attached hydrogens (tertiary/aromatic N) is 2. The summed E-state index contributed by atoms with van der Waals surface area (Å²) in [4.78, 5) is 16.9. The maximum atomic E-state index is 12.5. The van der Waals surface area contributed by atoms with Crippen molar-refractivity contribution in [3.63, 3.8) is 0 Å². The zero-order valence-electron chi connectivity index (χ0n) is 14.0. The van der Waals surface area contributed by atoms with E-state index in [-0.39, 0.29) is 12.0 Å². The first-order valence-corrected chi connectivity index (χ1v) is 9.02. The predicted octanol–water partition coefficient (Wildman–Crippen LogP) is 1.83. The van der Waals surface area contributed by atoms with Gasteiger partial charge in [0.2, 0.25) is 5.91 Å². The summed E-state index contributed by atoms with van der Waals surface area (Å²) in [6.07, 6.45) is 1.57. The molecule has 1 amide bonds. The van der Waals surface area contributed by atoms with Gasteiger partial charge in [-0.05, 0) is 30.7 Å². The van der Waals surface area contributed by atoms with E-state index < -0.39 is 0 Å². The molecule has 1 atom stereocenters. The molecule has 2 saturated heterocycles. The fourth-order valence-corrected chi connectivity index (χ4v) is 3.48. The molecule has 1 aromatic rings. The van der Waals surface area contributed by atoms with Crippen LogP contribution < -0.4 is 0 Å². The Hall–Kier alpha value is -1.14. The molecule has 1 unspecified atom stereocenters. The van der Waals surface area contributed by atoms with Crippen molar-refractivity contribution >= 4 is 17.5 Å². The quantitative estimate of drug-likeness (QED) is 0.829. The molecular weight excluding hydrogens is 328 g/mol. The van der Waals surface area contributed by atoms with E-state index in [2.05, 4.69) is 4.90 Å². The number of halogens is 1. The Balaban J connectivity index is 1.48. The maximum absolute atomic E-state index is 12.5. The highest BCUT2D eigenvalue weighted by molar-refractivity contribution is 6.30. The standard InChI is InChI=1S/C18H25ClN2O3/c19-16-4-1-3-15(11-16)12-18(22)21-6-2-5-20(7-8-21)13-17-14-23-9-10-24-17/h1,3-4,11,17H,2,5-10,12-14H2. The van der Waals surface area contributed by atoms with E-state index in [4.69, 9.17) is 21.1 Å². The van der Waals surface area contributed by atoms with Crippen LogP contribution in [0.5, 0.6) is 0 Å². The lowest BCUT2D eigenvalue weighted by atomic mass is 10.1. The molecule has 3 rings (SSSR count). The van der Waals surface area contributed by atoms with Crippen LogP contribution in [0.25, 0.3) is 0 Å². The number of hydrogen-bond donors (Lipinski definition) is 0. The third-order valence-corrected chi connectivity index (χ3v) is 4.77. The predicted molar refractivity (Wildman–Crippen MR) is 93.4 cm³/mol. The highest BCUT2D eigenvalue weighted by atomic mass is 35.5. The number of carbonyl (C=O) groups is 1. The summed E-state index contributed by atoms with van der Waals surface area (Å²) in [5, 5.41) is 0.678. The van der Waals surface area contributed by atoms with Gasteiger partial charge in [-0.2, -0.15) is 0 Å². The van der Waals surface area contributed by atoms with Gasteiger partial charge in [-0.25, -0.2) is 0 Å². The van der Waals surface area contributed by atoms with Crippen molar-refractivity contribution in [1.29, 1.82) is 0 Å². The minimum absolute atomic E-state index is 0.160. The summed E-state index contributed by atoms with van der Waals surface area (Å²) >= 11 is 6.00. The minimum atomic E-state index is 0.160. The Morgan fingerprint density at radius 2 is 2.12 bits per heavy atom. The van der Waals surface area contributed by atoms with Crippen molar-refractivity contribution < 1.29 is 14.3 Å². The van der Waals surface area contributed by atoms with Crippen LogP contribution in [0.4, 0.5) is 0 Å². The Morgan fingerprint density at radius 3 is 2.92 bits per heavy atom. The van der Waals surface area contributed by atoms with E-state index in [1.165, 1.54) is 0 Å². The van der Waals surface area contributed by atoms with Crippen LogP contribution in [0.1, 0.15) is 12.0 Å². The molecule has 2 heterocycles. The summed E-state index contributed by atoms with van der Waals surface area (Å²) < 4.78 is 11.2. The molecule has 2 aliphatic rings. The third-order valence-electron chi connectivity index (χ3n) is 4.53. The van der Waals surface area contributed by atoms with Gasteiger partial charge in [-0.1, -0.05) is 23.7 Å². The van der Waals surface area contributed by atoms with Crippen molar-refractivity contribution in [1.82, 2.24) is 9.80 Å². The van der Waals surface area contributed by atoms with E-state index in [1.54, 1.807) is 0 Å². The van der Waals surface area contributed by atoms with E-state index >= 15 is 0 Å². The largest absolute Gasteiger partial charge is 0.376 e. The molecule has 2 aliphatic heterocycles. The van der Waals surface area contributed by atoms with Crippen LogP contribution in [0.3, 0.4) is 0 Å². The van der Waals surface area contributed by atoms with Gasteiger partial charge in [-0.15, -0.1) is 0 Å². The molecule has 1 aromatic carbocycles. The number of rotatable bonds is 4. The van der Waals surface area contributed by atoms with Gasteiger partial charge >= 0.3 is 0 Å². The van der Waals surface area contributed by atoms with E-state index in [9.17, 15) is 4.79 Å². The van der Waals surface area contributed by atoms with Gasteiger partial charge in [0, 0.05) is 31.2 Å². The molecule has 6 heteroatoms. The highest BCUT2D eigenvalue weighted by Gasteiger charge is 2.23. The van der Waals surface area contributed by atoms with E-state index in [0.717, 1.165) is 44.7 Å². The second-order valence-corrected chi connectivity index (χ2v) is 6.85. The molecule has 2 fully saturated rings. The molecule has 0 spiro atoms. The first-order chi connectivity index (χ1) is 11.7. The van der Waals surface area contributed by atoms with Gasteiger partial charge in [-0.3, -0.25) is 9.69 Å². The number of benzene rings is 1. The number of carbonyl (C=O) groups excluding carboxylic acids is 1. The fourth-order valence-electron chi connectivity index (χ4n) is 3.27. The molecule has 0 aliphatic carbocycles. The third kappa shape index (κ3) is 5.18. The first kappa shape index (κ1) is 17.7. The van der Waals surface area contributed by atoms with Gasteiger partial charge in [0.25, 0.3) is 0 Å². The van der Waals surface area contributed by atoms with Gasteiger partial charge in [0.05, 0.1) is 32.3 Å². The molecule has 0 radical (unpaired) electrons. The van der Waals surface area contributed by atoms with Crippen molar-refractivity contribution in [2.24, 2.45) is 0 Å². The lowest BCUT2D eigenvalue weighted by Gasteiger charge is -2.29. The smallest absolute Gasteiger partial charge is 0.227 e. The summed E-state index contributed by atoms with van der Waals surface area (Å²) in [6, 6.07) is 7.54. The van der Waals surface area contributed by atoms with Crippen LogP contribution in [0, 0.1) is 0 Å². The molecule has 0 bridgehead atoms. The number of hydrogen-bond acceptors (Lipinski definition) is 4. The van der Waals surface area contributed by atoms with Crippen LogP contribution in [0.15, 0.2) is 24.3 Å². The van der Waals surface area contributed by atoms with Gasteiger partial charge < -0.3 is 14.4 Å². The van der Waals surface area contributed by atoms with Crippen LogP contribution in [0.2, 0.25) is 5.02 Å². The average molecular weight is 353 g/mol. The zero-order chi connectivity index (χ0) is 16.8. The Labute approximate surface area is 148 Å². The highest BCUT2D eigenvalue weighted by Crippen LogP contribution is 2.13.